The lowest BCUT2D eigenvalue weighted by molar-refractivity contribution is 0.112. The summed E-state index contributed by atoms with van der Waals surface area (Å²) in [6.07, 6.45) is 7.88. The molecule has 1 aliphatic heterocycles. The topological polar surface area (TPSA) is 85.9 Å². The minimum atomic E-state index is -0.103. The summed E-state index contributed by atoms with van der Waals surface area (Å²) in [6, 6.07) is 8.64. The van der Waals surface area contributed by atoms with Crippen LogP contribution in [0.15, 0.2) is 36.9 Å². The van der Waals surface area contributed by atoms with E-state index in [1.165, 1.54) is 6.33 Å². The summed E-state index contributed by atoms with van der Waals surface area (Å²) in [4.78, 5) is 15.3. The lowest BCUT2D eigenvalue weighted by Gasteiger charge is -2.34. The van der Waals surface area contributed by atoms with Gasteiger partial charge in [0.15, 0.2) is 0 Å². The summed E-state index contributed by atoms with van der Waals surface area (Å²) in [7, 11) is 0. The predicted molar refractivity (Wildman–Crippen MR) is 114 cm³/mol. The van der Waals surface area contributed by atoms with Gasteiger partial charge in [-0.05, 0) is 56.0 Å². The van der Waals surface area contributed by atoms with E-state index in [1.54, 1.807) is 11.3 Å². The van der Waals surface area contributed by atoms with Crippen LogP contribution < -0.4 is 0 Å². The predicted octanol–water partition coefficient (Wildman–Crippen LogP) is 3.84. The maximum atomic E-state index is 9.73. The average molecular weight is 408 g/mol. The number of aliphatic hydroxyl groups is 1. The van der Waals surface area contributed by atoms with E-state index in [9.17, 15) is 10.4 Å². The third-order valence-electron chi connectivity index (χ3n) is 5.79. The van der Waals surface area contributed by atoms with Crippen LogP contribution in [0.25, 0.3) is 21.3 Å². The molecule has 0 aliphatic carbocycles. The van der Waals surface area contributed by atoms with E-state index in [1.807, 2.05) is 18.5 Å². The fourth-order valence-electron chi connectivity index (χ4n) is 3.95. The molecular weight excluding hydrogens is 382 g/mol. The second-order valence-electron chi connectivity index (χ2n) is 7.81. The molecule has 1 N–H and O–H groups in total. The molecule has 1 saturated heterocycles. The molecule has 1 aromatic carbocycles. The van der Waals surface area contributed by atoms with Crippen molar-refractivity contribution in [1.29, 1.82) is 5.26 Å². The minimum Gasteiger partial charge on any atom is -0.396 e. The Hall–Kier alpha value is -2.40. The smallest absolute Gasteiger partial charge is 0.115 e. The number of aliphatic hydroxyl groups excluding tert-OH is 1. The van der Waals surface area contributed by atoms with Crippen molar-refractivity contribution in [1.82, 2.24) is 19.9 Å². The van der Waals surface area contributed by atoms with Gasteiger partial charge < -0.3 is 5.11 Å². The van der Waals surface area contributed by atoms with Crippen LogP contribution in [0, 0.1) is 17.2 Å². The van der Waals surface area contributed by atoms with Crippen LogP contribution in [0.5, 0.6) is 0 Å². The number of nitrogens with zero attached hydrogens (tertiary/aromatic N) is 5. The molecule has 2 aromatic heterocycles. The molecule has 2 unspecified atom stereocenters. The number of hydrogen-bond acceptors (Lipinski definition) is 7. The van der Waals surface area contributed by atoms with Crippen LogP contribution in [0.3, 0.4) is 0 Å². The van der Waals surface area contributed by atoms with Crippen molar-refractivity contribution >= 4 is 21.6 Å². The molecule has 0 amide bonds. The number of rotatable bonds is 6. The third-order valence-corrected chi connectivity index (χ3v) is 7.04. The van der Waals surface area contributed by atoms with Crippen LogP contribution in [0.1, 0.15) is 37.1 Å². The quantitative estimate of drug-likeness (QED) is 0.668. The zero-order chi connectivity index (χ0) is 20.2. The van der Waals surface area contributed by atoms with Crippen LogP contribution >= 0.6 is 11.3 Å². The first-order valence-electron chi connectivity index (χ1n) is 10.1. The molecule has 29 heavy (non-hydrogen) atoms. The number of hydrogen-bond donors (Lipinski definition) is 1. The molecule has 0 bridgehead atoms. The Morgan fingerprint density at radius 1 is 1.24 bits per heavy atom. The highest BCUT2D eigenvalue weighted by molar-refractivity contribution is 7.18. The monoisotopic (exact) mass is 407 g/mol. The Morgan fingerprint density at radius 2 is 2.00 bits per heavy atom. The van der Waals surface area contributed by atoms with Crippen molar-refractivity contribution in [3.63, 3.8) is 0 Å². The maximum Gasteiger partial charge on any atom is 0.115 e. The Balaban J connectivity index is 1.48. The number of aromatic nitrogens is 3. The molecule has 7 heteroatoms. The van der Waals surface area contributed by atoms with Crippen LogP contribution in [0.4, 0.5) is 0 Å². The van der Waals surface area contributed by atoms with Crippen molar-refractivity contribution in [2.24, 2.45) is 5.92 Å². The van der Waals surface area contributed by atoms with Crippen molar-refractivity contribution in [2.75, 3.05) is 19.7 Å². The zero-order valence-electron chi connectivity index (χ0n) is 16.5. The van der Waals surface area contributed by atoms with E-state index in [-0.39, 0.29) is 18.6 Å². The molecule has 4 rings (SSSR count). The zero-order valence-corrected chi connectivity index (χ0v) is 17.3. The number of thiazole rings is 1. The SMILES string of the molecule is CC(CC(C#N)N1CCC(CO)CC1)c1nc2ccc(-c3cncnc3)cc2s1. The highest BCUT2D eigenvalue weighted by Crippen LogP contribution is 2.33. The first kappa shape index (κ1) is 19.9. The normalized spacial score (nSPS) is 17.8. The fourth-order valence-corrected chi connectivity index (χ4v) is 5.02. The van der Waals surface area contributed by atoms with E-state index >= 15 is 0 Å². The second kappa shape index (κ2) is 8.95. The molecule has 3 aromatic rings. The van der Waals surface area contributed by atoms with Crippen molar-refractivity contribution in [2.45, 2.75) is 38.1 Å². The van der Waals surface area contributed by atoms with Gasteiger partial charge in [-0.1, -0.05) is 13.0 Å². The molecule has 6 nitrogen and oxygen atoms in total. The van der Waals surface area contributed by atoms with E-state index in [0.717, 1.165) is 58.7 Å². The molecule has 0 saturated carbocycles. The van der Waals surface area contributed by atoms with E-state index in [2.05, 4.69) is 40.0 Å². The van der Waals surface area contributed by atoms with Crippen molar-refractivity contribution in [3.05, 3.63) is 41.9 Å². The summed E-state index contributed by atoms with van der Waals surface area (Å²) in [5, 5.41) is 20.1. The van der Waals surface area contributed by atoms with Crippen molar-refractivity contribution in [3.8, 4) is 17.2 Å². The Bertz CT molecular complexity index is 991. The van der Waals surface area contributed by atoms with E-state index in [4.69, 9.17) is 4.98 Å². The average Bonchev–Trinajstić information content (AvgIpc) is 3.21. The van der Waals surface area contributed by atoms with E-state index in [0.29, 0.717) is 5.92 Å². The first-order valence-corrected chi connectivity index (χ1v) is 10.9. The van der Waals surface area contributed by atoms with Gasteiger partial charge in [0.2, 0.25) is 0 Å². The van der Waals surface area contributed by atoms with Gasteiger partial charge in [-0.2, -0.15) is 5.26 Å². The van der Waals surface area contributed by atoms with Crippen LogP contribution in [0.2, 0.25) is 0 Å². The summed E-state index contributed by atoms with van der Waals surface area (Å²) in [5.74, 6) is 0.604. The standard InChI is InChI=1S/C22H25N5OS/c1-15(8-19(10-23)27-6-4-16(13-28)5-7-27)22-26-20-3-2-17(9-21(20)29-22)18-11-24-14-25-12-18/h2-3,9,11-12,14-16,19,28H,4-8,13H2,1H3. The molecular formula is C22H25N5OS. The third kappa shape index (κ3) is 4.45. The largest absolute Gasteiger partial charge is 0.396 e. The molecule has 0 spiro atoms. The van der Waals surface area contributed by atoms with E-state index < -0.39 is 0 Å². The lowest BCUT2D eigenvalue weighted by Crippen LogP contribution is -2.41. The van der Waals surface area contributed by atoms with Gasteiger partial charge in [-0.3, -0.25) is 4.90 Å². The fraction of sp³-hybridized carbons (Fsp3) is 0.455. The second-order valence-corrected chi connectivity index (χ2v) is 8.87. The molecule has 1 aliphatic rings. The Labute approximate surface area is 174 Å². The van der Waals surface area contributed by atoms with Crippen LogP contribution in [-0.2, 0) is 0 Å². The summed E-state index contributed by atoms with van der Waals surface area (Å²) < 4.78 is 1.14. The number of fused-ring (bicyclic) bond motifs is 1. The van der Waals surface area contributed by atoms with Gasteiger partial charge >= 0.3 is 0 Å². The van der Waals surface area contributed by atoms with Gasteiger partial charge in [-0.15, -0.1) is 11.3 Å². The maximum absolute atomic E-state index is 9.73. The van der Waals surface area contributed by atoms with Crippen LogP contribution in [-0.4, -0.2) is 50.7 Å². The number of benzene rings is 1. The number of piperidine rings is 1. The molecule has 2 atom stereocenters. The minimum absolute atomic E-state index is 0.103. The highest BCUT2D eigenvalue weighted by atomic mass is 32.1. The number of nitriles is 1. The van der Waals surface area contributed by atoms with Gasteiger partial charge in [0.05, 0.1) is 27.3 Å². The number of likely N-dealkylation sites (tertiary alicyclic amines) is 1. The lowest BCUT2D eigenvalue weighted by atomic mass is 9.94. The van der Waals surface area contributed by atoms with Gasteiger partial charge in [0, 0.05) is 30.5 Å². The van der Waals surface area contributed by atoms with Gasteiger partial charge in [0.1, 0.15) is 6.33 Å². The molecule has 0 radical (unpaired) electrons. The molecule has 1 fully saturated rings. The molecule has 150 valence electrons. The highest BCUT2D eigenvalue weighted by Gasteiger charge is 2.27. The first-order chi connectivity index (χ1) is 14.2. The van der Waals surface area contributed by atoms with Gasteiger partial charge in [0.25, 0.3) is 0 Å². The summed E-state index contributed by atoms with van der Waals surface area (Å²) in [6.45, 7) is 4.19. The molecule has 3 heterocycles. The Morgan fingerprint density at radius 3 is 2.69 bits per heavy atom. The van der Waals surface area contributed by atoms with Crippen molar-refractivity contribution < 1.29 is 5.11 Å². The summed E-state index contributed by atoms with van der Waals surface area (Å²) >= 11 is 1.70. The van der Waals surface area contributed by atoms with Gasteiger partial charge in [-0.25, -0.2) is 15.0 Å². The summed E-state index contributed by atoms with van der Waals surface area (Å²) in [5.41, 5.74) is 3.07. The Kier molecular flexibility index (Phi) is 6.14.